The fourth-order valence-corrected chi connectivity index (χ4v) is 0.969. The largest absolute Gasteiger partial charge is 1.00 e. The zero-order valence-corrected chi connectivity index (χ0v) is 8.73. The third-order valence-electron chi connectivity index (χ3n) is 0.989. The first-order chi connectivity index (χ1) is 4.70. The Morgan fingerprint density at radius 2 is 2.09 bits per heavy atom. The first-order valence-electron chi connectivity index (χ1n) is 2.55. The maximum Gasteiger partial charge on any atom is 1.00 e. The quantitative estimate of drug-likeness (QED) is 0.375. The van der Waals surface area contributed by atoms with Crippen LogP contribution in [0.5, 0.6) is 0 Å². The molecule has 1 rings (SSSR count). The molecule has 0 aromatic heterocycles. The Morgan fingerprint density at radius 3 is 2.45 bits per heavy atom. The first kappa shape index (κ1) is 11.3. The van der Waals surface area contributed by atoms with Crippen molar-refractivity contribution in [2.45, 2.75) is 4.90 Å². The van der Waals surface area contributed by atoms with Crippen LogP contribution in [-0.2, 0) is 11.1 Å². The maximum absolute atomic E-state index is 12.3. The van der Waals surface area contributed by atoms with Crippen LogP contribution < -0.4 is 29.6 Å². The van der Waals surface area contributed by atoms with E-state index in [1.165, 1.54) is 18.2 Å². The van der Waals surface area contributed by atoms with Crippen LogP contribution in [0.3, 0.4) is 0 Å². The van der Waals surface area contributed by atoms with Gasteiger partial charge < -0.3 is 4.55 Å². The Kier molecular flexibility index (Phi) is 5.12. The minimum atomic E-state index is -2.33. The molecule has 0 radical (unpaired) electrons. The van der Waals surface area contributed by atoms with Crippen LogP contribution in [0.2, 0.25) is 0 Å². The van der Waals surface area contributed by atoms with Gasteiger partial charge >= 0.3 is 29.6 Å². The van der Waals surface area contributed by atoms with E-state index in [0.29, 0.717) is 0 Å². The minimum Gasteiger partial charge on any atom is -0.768 e. The molecule has 1 aromatic carbocycles. The number of hydrogen-bond acceptors (Lipinski definition) is 2. The fourth-order valence-electron chi connectivity index (χ4n) is 0.571. The van der Waals surface area contributed by atoms with Gasteiger partial charge in [0.1, 0.15) is 5.82 Å². The van der Waals surface area contributed by atoms with Crippen LogP contribution in [0, 0.1) is 5.82 Å². The molecule has 0 aliphatic heterocycles. The van der Waals surface area contributed by atoms with Crippen LogP contribution in [-0.4, -0.2) is 8.76 Å². The van der Waals surface area contributed by atoms with Gasteiger partial charge in [-0.1, -0.05) is 6.07 Å². The van der Waals surface area contributed by atoms with E-state index in [2.05, 4.69) is 0 Å². The van der Waals surface area contributed by atoms with Crippen molar-refractivity contribution < 1.29 is 42.7 Å². The van der Waals surface area contributed by atoms with Crippen LogP contribution in [0.4, 0.5) is 4.39 Å². The van der Waals surface area contributed by atoms with Crippen molar-refractivity contribution >= 4 is 11.1 Å². The SMILES string of the molecule is O=S([O-])c1cccc(F)c1.[Na+]. The summed E-state index contributed by atoms with van der Waals surface area (Å²) in [6.45, 7) is 0. The summed E-state index contributed by atoms with van der Waals surface area (Å²) in [5.41, 5.74) is 0. The predicted octanol–water partition coefficient (Wildman–Crippen LogP) is -1.93. The standard InChI is InChI=1S/C6H5FO2S.Na/c7-5-2-1-3-6(4-5)10(8)9;/h1-4H,(H,8,9);/q;+1/p-1. The van der Waals surface area contributed by atoms with E-state index in [9.17, 15) is 13.2 Å². The summed E-state index contributed by atoms with van der Waals surface area (Å²) >= 11 is -2.33. The van der Waals surface area contributed by atoms with Gasteiger partial charge in [0.2, 0.25) is 0 Å². The Balaban J connectivity index is 0.000001000. The van der Waals surface area contributed by atoms with Crippen LogP contribution in [0.25, 0.3) is 0 Å². The number of rotatable bonds is 1. The van der Waals surface area contributed by atoms with E-state index in [1.807, 2.05) is 0 Å². The molecule has 5 heteroatoms. The van der Waals surface area contributed by atoms with Crippen molar-refractivity contribution in [3.63, 3.8) is 0 Å². The fraction of sp³-hybridized carbons (Fsp3) is 0. The van der Waals surface area contributed by atoms with E-state index < -0.39 is 16.9 Å². The van der Waals surface area contributed by atoms with Crippen molar-refractivity contribution in [3.8, 4) is 0 Å². The summed E-state index contributed by atoms with van der Waals surface area (Å²) < 4.78 is 32.6. The molecule has 0 fully saturated rings. The molecule has 54 valence electrons. The average Bonchev–Trinajstić information content (AvgIpc) is 1.88. The summed E-state index contributed by atoms with van der Waals surface area (Å²) in [7, 11) is 0. The number of halogens is 1. The van der Waals surface area contributed by atoms with E-state index in [1.54, 1.807) is 0 Å². The van der Waals surface area contributed by atoms with Gasteiger partial charge in [0.05, 0.1) is 0 Å². The molecule has 1 aromatic rings. The zero-order chi connectivity index (χ0) is 7.56. The van der Waals surface area contributed by atoms with Gasteiger partial charge in [-0.3, -0.25) is 4.21 Å². The maximum atomic E-state index is 12.3. The second kappa shape index (κ2) is 5.00. The summed E-state index contributed by atoms with van der Waals surface area (Å²) in [6.07, 6.45) is 0. The summed E-state index contributed by atoms with van der Waals surface area (Å²) in [5.74, 6) is -0.540. The Bertz CT molecular complexity index is 267. The van der Waals surface area contributed by atoms with Crippen LogP contribution >= 0.6 is 0 Å². The van der Waals surface area contributed by atoms with Crippen LogP contribution in [0.15, 0.2) is 29.2 Å². The van der Waals surface area contributed by atoms with Crippen molar-refractivity contribution in [1.29, 1.82) is 0 Å². The third kappa shape index (κ3) is 3.44. The molecule has 1 unspecified atom stereocenters. The molecule has 0 N–H and O–H groups in total. The van der Waals surface area contributed by atoms with Crippen molar-refractivity contribution in [2.24, 2.45) is 0 Å². The molecule has 0 saturated carbocycles. The van der Waals surface area contributed by atoms with Gasteiger partial charge in [0.25, 0.3) is 0 Å². The van der Waals surface area contributed by atoms with Crippen LogP contribution in [0.1, 0.15) is 0 Å². The second-order valence-electron chi connectivity index (χ2n) is 1.69. The van der Waals surface area contributed by atoms with E-state index in [-0.39, 0.29) is 34.5 Å². The molecule has 11 heavy (non-hydrogen) atoms. The second-order valence-corrected chi connectivity index (χ2v) is 2.63. The topological polar surface area (TPSA) is 40.1 Å². The molecule has 0 spiro atoms. The summed E-state index contributed by atoms with van der Waals surface area (Å²) in [5, 5.41) is 0. The molecule has 0 bridgehead atoms. The third-order valence-corrected chi connectivity index (χ3v) is 1.63. The van der Waals surface area contributed by atoms with E-state index >= 15 is 0 Å². The monoisotopic (exact) mass is 182 g/mol. The van der Waals surface area contributed by atoms with E-state index in [4.69, 9.17) is 0 Å². The summed E-state index contributed by atoms with van der Waals surface area (Å²) in [6, 6.07) is 4.83. The molecule has 0 amide bonds. The van der Waals surface area contributed by atoms with Gasteiger partial charge in [0, 0.05) is 4.90 Å². The molecule has 0 aliphatic rings. The minimum absolute atomic E-state index is 0. The Hall–Kier alpha value is 0.260. The molecule has 2 nitrogen and oxygen atoms in total. The Labute approximate surface area is 88.4 Å². The van der Waals surface area contributed by atoms with Gasteiger partial charge in [-0.2, -0.15) is 0 Å². The van der Waals surface area contributed by atoms with Crippen molar-refractivity contribution in [2.75, 3.05) is 0 Å². The molecule has 1 atom stereocenters. The Morgan fingerprint density at radius 1 is 1.45 bits per heavy atom. The number of benzene rings is 1. The number of hydrogen-bond donors (Lipinski definition) is 0. The first-order valence-corrected chi connectivity index (χ1v) is 3.62. The average molecular weight is 182 g/mol. The smallest absolute Gasteiger partial charge is 0.768 e. The molecular weight excluding hydrogens is 178 g/mol. The van der Waals surface area contributed by atoms with Gasteiger partial charge in [-0.15, -0.1) is 0 Å². The summed E-state index contributed by atoms with van der Waals surface area (Å²) in [4.78, 5) is -0.0278. The zero-order valence-electron chi connectivity index (χ0n) is 5.91. The van der Waals surface area contributed by atoms with Gasteiger partial charge in [-0.05, 0) is 29.3 Å². The van der Waals surface area contributed by atoms with Crippen molar-refractivity contribution in [1.82, 2.24) is 0 Å². The van der Waals surface area contributed by atoms with Crippen molar-refractivity contribution in [3.05, 3.63) is 30.1 Å². The van der Waals surface area contributed by atoms with Gasteiger partial charge in [0.15, 0.2) is 0 Å². The predicted molar refractivity (Wildman–Crippen MR) is 33.6 cm³/mol. The normalized spacial score (nSPS) is 11.8. The molecule has 0 saturated heterocycles. The molecular formula is C6H4FNaO2S. The van der Waals surface area contributed by atoms with Gasteiger partial charge in [-0.25, -0.2) is 4.39 Å². The van der Waals surface area contributed by atoms with E-state index in [0.717, 1.165) is 6.07 Å². The molecule has 0 aliphatic carbocycles. The molecule has 0 heterocycles.